The van der Waals surface area contributed by atoms with E-state index in [1.54, 1.807) is 12.4 Å². The SMILES string of the molecule is NC(=O)COC(=O)C1CCC(C2=C3C=NC=C[N+]3(N)C(c3cccc(OCc4ccccc4)c3)=N2)CC1. The number of aliphatic imine (C=N–C) groups is 2. The fourth-order valence-electron chi connectivity index (χ4n) is 5.03. The van der Waals surface area contributed by atoms with Gasteiger partial charge < -0.3 is 15.2 Å². The maximum absolute atomic E-state index is 12.3. The molecule has 0 spiro atoms. The molecule has 1 amide bonds. The molecule has 190 valence electrons. The van der Waals surface area contributed by atoms with Gasteiger partial charge in [-0.15, -0.1) is 4.59 Å². The van der Waals surface area contributed by atoms with Crippen molar-refractivity contribution in [3.8, 4) is 5.75 Å². The van der Waals surface area contributed by atoms with Crippen LogP contribution in [0.4, 0.5) is 0 Å². The molecule has 9 heteroatoms. The molecule has 2 aromatic carbocycles. The summed E-state index contributed by atoms with van der Waals surface area (Å²) in [6.07, 6.45) is 8.08. The number of esters is 1. The first kappa shape index (κ1) is 24.6. The summed E-state index contributed by atoms with van der Waals surface area (Å²) >= 11 is 0. The zero-order chi connectivity index (χ0) is 25.8. The van der Waals surface area contributed by atoms with E-state index in [1.165, 1.54) is 0 Å². The molecule has 37 heavy (non-hydrogen) atoms. The van der Waals surface area contributed by atoms with Crippen LogP contribution in [0.5, 0.6) is 5.75 Å². The number of primary amides is 1. The van der Waals surface area contributed by atoms with Crippen molar-refractivity contribution in [1.82, 2.24) is 0 Å². The molecule has 2 heterocycles. The van der Waals surface area contributed by atoms with Gasteiger partial charge in [-0.3, -0.25) is 14.6 Å². The Labute approximate surface area is 215 Å². The van der Waals surface area contributed by atoms with Gasteiger partial charge in [0.25, 0.3) is 11.7 Å². The van der Waals surface area contributed by atoms with Crippen molar-refractivity contribution < 1.29 is 23.7 Å². The molecule has 2 aromatic rings. The van der Waals surface area contributed by atoms with Crippen LogP contribution in [-0.4, -0.2) is 35.1 Å². The number of nitrogens with two attached hydrogens (primary N) is 2. The molecule has 1 aliphatic carbocycles. The highest BCUT2D eigenvalue weighted by Crippen LogP contribution is 2.41. The molecule has 0 radical (unpaired) electrons. The van der Waals surface area contributed by atoms with Crippen LogP contribution in [-0.2, 0) is 20.9 Å². The Hall–Kier alpha value is -4.08. The van der Waals surface area contributed by atoms with Gasteiger partial charge in [0, 0.05) is 5.92 Å². The lowest BCUT2D eigenvalue weighted by Crippen LogP contribution is -2.53. The van der Waals surface area contributed by atoms with E-state index in [-0.39, 0.29) is 29.0 Å². The minimum Gasteiger partial charge on any atom is -0.489 e. The molecule has 0 bridgehead atoms. The van der Waals surface area contributed by atoms with E-state index < -0.39 is 5.91 Å². The molecule has 0 aromatic heterocycles. The van der Waals surface area contributed by atoms with E-state index in [2.05, 4.69) is 4.99 Å². The molecule has 1 saturated carbocycles. The largest absolute Gasteiger partial charge is 0.489 e. The van der Waals surface area contributed by atoms with Crippen molar-refractivity contribution in [3.63, 3.8) is 0 Å². The highest BCUT2D eigenvalue weighted by Gasteiger charge is 2.46. The fraction of sp³-hybridized carbons (Fsp3) is 0.286. The van der Waals surface area contributed by atoms with Crippen LogP contribution >= 0.6 is 0 Å². The lowest BCUT2D eigenvalue weighted by molar-refractivity contribution is -0.750. The Kier molecular flexibility index (Phi) is 6.98. The molecule has 9 nitrogen and oxygen atoms in total. The number of carbonyl (C=O) groups is 2. The Bertz CT molecular complexity index is 1310. The second-order valence-electron chi connectivity index (χ2n) is 9.48. The summed E-state index contributed by atoms with van der Waals surface area (Å²) in [7, 11) is 0. The van der Waals surface area contributed by atoms with E-state index in [0.717, 1.165) is 41.1 Å². The van der Waals surface area contributed by atoms with E-state index in [0.29, 0.717) is 25.3 Å². The molecule has 3 aliphatic rings. The lowest BCUT2D eigenvalue weighted by atomic mass is 9.80. The topological polar surface area (TPSA) is 129 Å². The van der Waals surface area contributed by atoms with Crippen molar-refractivity contribution >= 4 is 23.9 Å². The van der Waals surface area contributed by atoms with Crippen molar-refractivity contribution in [2.45, 2.75) is 32.3 Å². The molecular formula is C28H30N5O4+. The first-order chi connectivity index (χ1) is 17.9. The number of amidine groups is 1. The second kappa shape index (κ2) is 10.5. The smallest absolute Gasteiger partial charge is 0.309 e. The number of carbonyl (C=O) groups excluding carboxylic acids is 2. The van der Waals surface area contributed by atoms with Crippen molar-refractivity contribution in [2.75, 3.05) is 6.61 Å². The maximum Gasteiger partial charge on any atom is 0.309 e. The van der Waals surface area contributed by atoms with Gasteiger partial charge in [-0.2, -0.15) is 10.8 Å². The zero-order valence-electron chi connectivity index (χ0n) is 20.5. The number of quaternary nitrogens is 1. The van der Waals surface area contributed by atoms with Crippen LogP contribution in [0.25, 0.3) is 0 Å². The van der Waals surface area contributed by atoms with E-state index in [1.807, 2.05) is 60.8 Å². The van der Waals surface area contributed by atoms with Crippen LogP contribution < -0.4 is 16.3 Å². The van der Waals surface area contributed by atoms with Gasteiger partial charge >= 0.3 is 5.97 Å². The van der Waals surface area contributed by atoms with Gasteiger partial charge in [0.05, 0.1) is 23.9 Å². The molecule has 4 N–H and O–H groups in total. The molecule has 5 rings (SSSR count). The second-order valence-corrected chi connectivity index (χ2v) is 9.48. The van der Waals surface area contributed by atoms with Gasteiger partial charge in [-0.05, 0) is 49.4 Å². The summed E-state index contributed by atoms with van der Waals surface area (Å²) < 4.78 is 11.0. The summed E-state index contributed by atoms with van der Waals surface area (Å²) in [6.45, 7) is 0.0810. The van der Waals surface area contributed by atoms with Crippen LogP contribution in [0.1, 0.15) is 36.8 Å². The number of hydrogen-bond acceptors (Lipinski definition) is 7. The van der Waals surface area contributed by atoms with Gasteiger partial charge in [-0.25, -0.2) is 0 Å². The number of amides is 1. The summed E-state index contributed by atoms with van der Waals surface area (Å²) in [4.78, 5) is 32.6. The summed E-state index contributed by atoms with van der Waals surface area (Å²) in [5.74, 6) is 7.19. The Morgan fingerprint density at radius 1 is 1.03 bits per heavy atom. The van der Waals surface area contributed by atoms with Gasteiger partial charge in [0.1, 0.15) is 24.3 Å². The van der Waals surface area contributed by atoms with E-state index in [9.17, 15) is 9.59 Å². The first-order valence-electron chi connectivity index (χ1n) is 12.4. The van der Waals surface area contributed by atoms with Crippen LogP contribution in [0.15, 0.2) is 88.4 Å². The van der Waals surface area contributed by atoms with E-state index >= 15 is 0 Å². The Morgan fingerprint density at radius 3 is 2.57 bits per heavy atom. The highest BCUT2D eigenvalue weighted by molar-refractivity contribution is 6.00. The predicted molar refractivity (Wildman–Crippen MR) is 138 cm³/mol. The van der Waals surface area contributed by atoms with Crippen LogP contribution in [0.3, 0.4) is 0 Å². The molecule has 0 saturated heterocycles. The quantitative estimate of drug-likeness (QED) is 0.326. The summed E-state index contributed by atoms with van der Waals surface area (Å²) in [5.41, 5.74) is 8.76. The van der Waals surface area contributed by atoms with Crippen molar-refractivity contribution in [2.24, 2.45) is 33.4 Å². The third-order valence-electron chi connectivity index (χ3n) is 6.97. The van der Waals surface area contributed by atoms with Gasteiger partial charge in [-0.1, -0.05) is 36.4 Å². The van der Waals surface area contributed by atoms with E-state index in [4.69, 9.17) is 26.0 Å². The van der Waals surface area contributed by atoms with Gasteiger partial charge in [0.2, 0.25) is 5.70 Å². The summed E-state index contributed by atoms with van der Waals surface area (Å²) in [6, 6.07) is 17.8. The first-order valence-corrected chi connectivity index (χ1v) is 12.4. The average molecular weight is 501 g/mol. The third kappa shape index (κ3) is 5.23. The molecular weight excluding hydrogens is 470 g/mol. The number of nitrogens with zero attached hydrogens (tertiary/aromatic N) is 3. The normalized spacial score (nSPS) is 24.4. The summed E-state index contributed by atoms with van der Waals surface area (Å²) in [5, 5.41) is 0. The van der Waals surface area contributed by atoms with Crippen molar-refractivity contribution in [1.29, 1.82) is 0 Å². The monoisotopic (exact) mass is 500 g/mol. The zero-order valence-corrected chi connectivity index (χ0v) is 20.5. The predicted octanol–water partition coefficient (Wildman–Crippen LogP) is 3.32. The molecule has 1 unspecified atom stereocenters. The maximum atomic E-state index is 12.3. The standard InChI is InChI=1S/C28H29N5O4/c29-25(34)18-37-28(35)21-11-9-20(10-12-21)26-24-16-31-13-14-33(24,30)27(32-26)22-7-4-8-23(15-22)36-17-19-5-2-1-3-6-19/h1-8,13-16,20-21H,9-12,17-18,30H2,(H-,29,34)/p+1. The average Bonchev–Trinajstić information content (AvgIpc) is 3.24. The van der Waals surface area contributed by atoms with Gasteiger partial charge in [0.15, 0.2) is 6.61 Å². The number of fused-ring (bicyclic) bond motifs is 1. The minimum absolute atomic E-state index is 0.0679. The van der Waals surface area contributed by atoms with Crippen molar-refractivity contribution in [3.05, 3.63) is 89.5 Å². The third-order valence-corrected chi connectivity index (χ3v) is 6.97. The Balaban J connectivity index is 1.34. The molecule has 1 fully saturated rings. The fourth-order valence-corrected chi connectivity index (χ4v) is 5.03. The highest BCUT2D eigenvalue weighted by atomic mass is 16.5. The van der Waals surface area contributed by atoms with Crippen LogP contribution in [0, 0.1) is 11.8 Å². The number of rotatable bonds is 8. The number of ether oxygens (including phenoxy) is 2. The number of hydrogen-bond donors (Lipinski definition) is 2. The number of benzene rings is 2. The molecule has 2 aliphatic heterocycles. The Morgan fingerprint density at radius 2 is 1.81 bits per heavy atom. The molecule has 1 atom stereocenters. The minimum atomic E-state index is -0.655. The lowest BCUT2D eigenvalue weighted by Gasteiger charge is -2.28. The van der Waals surface area contributed by atoms with Crippen LogP contribution in [0.2, 0.25) is 0 Å². The number of allylic oxidation sites excluding steroid dienone is 2.